The second-order valence-electron chi connectivity index (χ2n) is 4.37. The lowest BCUT2D eigenvalue weighted by atomic mass is 10.0. The normalized spacial score (nSPS) is 10.9. The van der Waals surface area contributed by atoms with Gasteiger partial charge in [-0.25, -0.2) is 0 Å². The number of hydrogen-bond acceptors (Lipinski definition) is 2. The predicted molar refractivity (Wildman–Crippen MR) is 83.2 cm³/mol. The predicted octanol–water partition coefficient (Wildman–Crippen LogP) is 4.55. The van der Waals surface area contributed by atoms with Crippen LogP contribution >= 0.6 is 15.9 Å². The minimum Gasteiger partial charge on any atom is -0.288 e. The van der Waals surface area contributed by atoms with Crippen molar-refractivity contribution in [2.75, 3.05) is 0 Å². The Labute approximate surface area is 126 Å². The number of hydrogen-bond donors (Lipinski definition) is 0. The van der Waals surface area contributed by atoms with E-state index < -0.39 is 0 Å². The van der Waals surface area contributed by atoms with E-state index in [-0.39, 0.29) is 11.4 Å². The smallest absolute Gasteiger partial charge is 0.203 e. The summed E-state index contributed by atoms with van der Waals surface area (Å²) in [5.74, 6) is -0.259. The van der Waals surface area contributed by atoms with E-state index in [4.69, 9.17) is 0 Å². The maximum Gasteiger partial charge on any atom is 0.203 e. The van der Waals surface area contributed by atoms with Crippen molar-refractivity contribution in [2.45, 2.75) is 6.92 Å². The van der Waals surface area contributed by atoms with Crippen LogP contribution in [-0.4, -0.2) is 5.78 Å². The fourth-order valence-corrected chi connectivity index (χ4v) is 2.16. The number of benzene rings is 2. The Morgan fingerprint density at radius 1 is 1.20 bits per heavy atom. The monoisotopic (exact) mass is 325 g/mol. The van der Waals surface area contributed by atoms with E-state index in [9.17, 15) is 10.1 Å². The lowest BCUT2D eigenvalue weighted by Crippen LogP contribution is -2.01. The third-order valence-corrected chi connectivity index (χ3v) is 3.76. The third-order valence-electron chi connectivity index (χ3n) is 2.91. The van der Waals surface area contributed by atoms with Crippen LogP contribution in [0.3, 0.4) is 0 Å². The number of ketones is 1. The molecule has 0 radical (unpaired) electrons. The molecule has 0 aliphatic rings. The highest BCUT2D eigenvalue weighted by molar-refractivity contribution is 9.10. The molecule has 0 N–H and O–H groups in total. The molecule has 0 aliphatic heterocycles. The van der Waals surface area contributed by atoms with Gasteiger partial charge in [0.15, 0.2) is 0 Å². The topological polar surface area (TPSA) is 40.9 Å². The SMILES string of the molecule is Cc1ccc(/C=C(\C#N)C(=O)c2ccccc2)cc1Br. The summed E-state index contributed by atoms with van der Waals surface area (Å²) in [6.45, 7) is 1.98. The second-order valence-corrected chi connectivity index (χ2v) is 5.23. The summed E-state index contributed by atoms with van der Waals surface area (Å²) in [5, 5.41) is 9.19. The van der Waals surface area contributed by atoms with Gasteiger partial charge in [0.05, 0.1) is 0 Å². The Hall–Kier alpha value is -2.18. The first-order valence-electron chi connectivity index (χ1n) is 6.09. The summed E-state index contributed by atoms with van der Waals surface area (Å²) in [6.07, 6.45) is 1.61. The van der Waals surface area contributed by atoms with Gasteiger partial charge in [-0.1, -0.05) is 58.4 Å². The Kier molecular flexibility index (Phi) is 4.49. The average molecular weight is 326 g/mol. The van der Waals surface area contributed by atoms with Gasteiger partial charge in [-0.2, -0.15) is 5.26 Å². The lowest BCUT2D eigenvalue weighted by molar-refractivity contribution is 0.104. The highest BCUT2D eigenvalue weighted by Gasteiger charge is 2.11. The average Bonchev–Trinajstić information content (AvgIpc) is 2.48. The summed E-state index contributed by atoms with van der Waals surface area (Å²) in [6, 6.07) is 16.5. The Morgan fingerprint density at radius 2 is 1.90 bits per heavy atom. The number of halogens is 1. The molecule has 0 aromatic heterocycles. The van der Waals surface area contributed by atoms with Crippen molar-refractivity contribution >= 4 is 27.8 Å². The molecular formula is C17H12BrNO. The van der Waals surface area contributed by atoms with Gasteiger partial charge >= 0.3 is 0 Å². The van der Waals surface area contributed by atoms with E-state index in [1.165, 1.54) is 0 Å². The zero-order valence-corrected chi connectivity index (χ0v) is 12.5. The van der Waals surface area contributed by atoms with Gasteiger partial charge < -0.3 is 0 Å². The van der Waals surface area contributed by atoms with Crippen LogP contribution in [0.2, 0.25) is 0 Å². The number of carbonyl (C=O) groups excluding carboxylic acids is 1. The Morgan fingerprint density at radius 3 is 2.50 bits per heavy atom. The van der Waals surface area contributed by atoms with Crippen LogP contribution in [0.1, 0.15) is 21.5 Å². The van der Waals surface area contributed by atoms with Crippen LogP contribution < -0.4 is 0 Å². The lowest BCUT2D eigenvalue weighted by Gasteiger charge is -2.02. The van der Waals surface area contributed by atoms with Crippen LogP contribution in [0.4, 0.5) is 0 Å². The number of nitriles is 1. The summed E-state index contributed by atoms with van der Waals surface area (Å²) in [5.41, 5.74) is 2.58. The maximum absolute atomic E-state index is 12.2. The molecule has 2 rings (SSSR count). The van der Waals surface area contributed by atoms with E-state index >= 15 is 0 Å². The largest absolute Gasteiger partial charge is 0.288 e. The van der Waals surface area contributed by atoms with Crippen molar-refractivity contribution in [2.24, 2.45) is 0 Å². The van der Waals surface area contributed by atoms with Gasteiger partial charge in [-0.15, -0.1) is 0 Å². The van der Waals surface area contributed by atoms with E-state index in [2.05, 4.69) is 15.9 Å². The van der Waals surface area contributed by atoms with Crippen LogP contribution in [-0.2, 0) is 0 Å². The minimum atomic E-state index is -0.259. The summed E-state index contributed by atoms with van der Waals surface area (Å²) < 4.78 is 0.954. The molecule has 0 saturated carbocycles. The molecule has 0 fully saturated rings. The molecule has 0 bridgehead atoms. The van der Waals surface area contributed by atoms with Crippen molar-refractivity contribution in [1.82, 2.24) is 0 Å². The van der Waals surface area contributed by atoms with Crippen LogP contribution in [0, 0.1) is 18.3 Å². The quantitative estimate of drug-likeness (QED) is 0.472. The fraction of sp³-hybridized carbons (Fsp3) is 0.0588. The number of allylic oxidation sites excluding steroid dienone is 1. The minimum absolute atomic E-state index is 0.131. The first-order valence-corrected chi connectivity index (χ1v) is 6.89. The Balaban J connectivity index is 2.37. The van der Waals surface area contributed by atoms with Crippen molar-refractivity contribution in [1.29, 1.82) is 5.26 Å². The molecule has 0 aliphatic carbocycles. The highest BCUT2D eigenvalue weighted by atomic mass is 79.9. The van der Waals surface area contributed by atoms with Crippen LogP contribution in [0.15, 0.2) is 58.6 Å². The van der Waals surface area contributed by atoms with Crippen LogP contribution in [0.25, 0.3) is 6.08 Å². The van der Waals surface area contributed by atoms with Crippen molar-refractivity contribution in [3.63, 3.8) is 0 Å². The molecule has 0 atom stereocenters. The van der Waals surface area contributed by atoms with Gasteiger partial charge in [0.1, 0.15) is 11.6 Å². The molecule has 2 aromatic carbocycles. The zero-order valence-electron chi connectivity index (χ0n) is 10.9. The Bertz CT molecular complexity index is 712. The molecule has 0 spiro atoms. The molecule has 0 amide bonds. The van der Waals surface area contributed by atoms with Gasteiger partial charge in [-0.3, -0.25) is 4.79 Å². The van der Waals surface area contributed by atoms with Crippen molar-refractivity contribution in [3.8, 4) is 6.07 Å². The molecule has 98 valence electrons. The molecule has 2 aromatic rings. The van der Waals surface area contributed by atoms with Gasteiger partial charge in [0.2, 0.25) is 5.78 Å². The van der Waals surface area contributed by atoms with E-state index in [1.54, 1.807) is 30.3 Å². The molecule has 2 nitrogen and oxygen atoms in total. The molecule has 20 heavy (non-hydrogen) atoms. The highest BCUT2D eigenvalue weighted by Crippen LogP contribution is 2.20. The van der Waals surface area contributed by atoms with Gasteiger partial charge in [0, 0.05) is 10.0 Å². The van der Waals surface area contributed by atoms with Gasteiger partial charge in [-0.05, 0) is 30.2 Å². The molecule has 0 unspecified atom stereocenters. The summed E-state index contributed by atoms with van der Waals surface area (Å²) in [4.78, 5) is 12.2. The number of rotatable bonds is 3. The zero-order chi connectivity index (χ0) is 14.5. The molecule has 0 heterocycles. The number of Topliss-reactive ketones (excluding diaryl/α,β-unsaturated/α-hetero) is 1. The summed E-state index contributed by atoms with van der Waals surface area (Å²) >= 11 is 3.44. The first kappa shape index (κ1) is 14.2. The molecule has 0 saturated heterocycles. The standard InChI is InChI=1S/C17H12BrNO/c1-12-7-8-13(10-16(12)18)9-15(11-19)17(20)14-5-3-2-4-6-14/h2-10H,1H3/b15-9+. The fourth-order valence-electron chi connectivity index (χ4n) is 1.76. The van der Waals surface area contributed by atoms with Crippen molar-refractivity contribution < 1.29 is 4.79 Å². The molecule has 3 heteroatoms. The maximum atomic E-state index is 12.2. The first-order chi connectivity index (χ1) is 9.61. The van der Waals surface area contributed by atoms with E-state index in [0.29, 0.717) is 5.56 Å². The third kappa shape index (κ3) is 3.23. The summed E-state index contributed by atoms with van der Waals surface area (Å²) in [7, 11) is 0. The molecular weight excluding hydrogens is 314 g/mol. The van der Waals surface area contributed by atoms with Crippen LogP contribution in [0.5, 0.6) is 0 Å². The van der Waals surface area contributed by atoms with E-state index in [0.717, 1.165) is 15.6 Å². The number of nitrogens with zero attached hydrogens (tertiary/aromatic N) is 1. The number of aryl methyl sites for hydroxylation is 1. The van der Waals surface area contributed by atoms with E-state index in [1.807, 2.05) is 37.3 Å². The van der Waals surface area contributed by atoms with Gasteiger partial charge in [0.25, 0.3) is 0 Å². The second kappa shape index (κ2) is 6.31. The van der Waals surface area contributed by atoms with Crippen molar-refractivity contribution in [3.05, 3.63) is 75.3 Å². The number of carbonyl (C=O) groups is 1.